The molecule has 0 atom stereocenters. The van der Waals surface area contributed by atoms with Crippen LogP contribution in [0, 0.1) is 11.6 Å². The Balaban J connectivity index is 2.33. The number of hydrazine groups is 1. The van der Waals surface area contributed by atoms with Crippen molar-refractivity contribution in [1.82, 2.24) is 10.9 Å². The summed E-state index contributed by atoms with van der Waals surface area (Å²) < 4.78 is 30.5. The van der Waals surface area contributed by atoms with Crippen molar-refractivity contribution in [2.24, 2.45) is 0 Å². The first kappa shape index (κ1) is 12.1. The van der Waals surface area contributed by atoms with Crippen molar-refractivity contribution in [3.8, 4) is 0 Å². The van der Waals surface area contributed by atoms with Crippen LogP contribution in [0.15, 0.2) is 36.0 Å². The van der Waals surface area contributed by atoms with E-state index in [4.69, 9.17) is 0 Å². The zero-order valence-electron chi connectivity index (χ0n) is 9.46. The van der Waals surface area contributed by atoms with Crippen molar-refractivity contribution in [3.05, 3.63) is 53.2 Å². The predicted molar refractivity (Wildman–Crippen MR) is 60.7 cm³/mol. The van der Waals surface area contributed by atoms with Crippen LogP contribution in [-0.4, -0.2) is 13.1 Å². The lowest BCUT2D eigenvalue weighted by Gasteiger charge is -2.16. The Bertz CT molecular complexity index is 553. The van der Waals surface area contributed by atoms with Gasteiger partial charge in [0.1, 0.15) is 0 Å². The Kier molecular flexibility index (Phi) is 3.27. The molecule has 6 heteroatoms. The lowest BCUT2D eigenvalue weighted by atomic mass is 10.1. The quantitative estimate of drug-likeness (QED) is 0.783. The topological polar surface area (TPSA) is 50.4 Å². The molecule has 0 saturated carbocycles. The first-order valence-corrected chi connectivity index (χ1v) is 5.09. The SMILES string of the molecule is COC(=O)C1=CNNC(c2ccc(F)c(F)c2)=C1. The fourth-order valence-electron chi connectivity index (χ4n) is 1.48. The molecule has 0 spiro atoms. The molecule has 1 aliphatic heterocycles. The molecular weight excluding hydrogens is 242 g/mol. The van der Waals surface area contributed by atoms with Crippen LogP contribution < -0.4 is 10.9 Å². The van der Waals surface area contributed by atoms with Gasteiger partial charge in [0.15, 0.2) is 11.6 Å². The van der Waals surface area contributed by atoms with Crippen LogP contribution >= 0.6 is 0 Å². The fourth-order valence-corrected chi connectivity index (χ4v) is 1.48. The average Bonchev–Trinajstić information content (AvgIpc) is 2.41. The number of esters is 1. The summed E-state index contributed by atoms with van der Waals surface area (Å²) in [5.41, 5.74) is 6.49. The first-order chi connectivity index (χ1) is 8.61. The van der Waals surface area contributed by atoms with E-state index < -0.39 is 17.6 Å². The van der Waals surface area contributed by atoms with Gasteiger partial charge >= 0.3 is 5.97 Å². The maximum atomic E-state index is 13.1. The van der Waals surface area contributed by atoms with Gasteiger partial charge in [0, 0.05) is 11.8 Å². The second kappa shape index (κ2) is 4.87. The van der Waals surface area contributed by atoms with E-state index in [2.05, 4.69) is 15.6 Å². The molecular formula is C12H10F2N2O2. The first-order valence-electron chi connectivity index (χ1n) is 5.09. The highest BCUT2D eigenvalue weighted by atomic mass is 19.2. The van der Waals surface area contributed by atoms with Crippen LogP contribution in [0.2, 0.25) is 0 Å². The number of ether oxygens (including phenoxy) is 1. The number of carbonyl (C=O) groups excluding carboxylic acids is 1. The minimum Gasteiger partial charge on any atom is -0.465 e. The molecule has 0 aromatic heterocycles. The molecule has 0 aliphatic carbocycles. The Labute approximate surface area is 102 Å². The van der Waals surface area contributed by atoms with Gasteiger partial charge in [-0.15, -0.1) is 0 Å². The molecule has 0 amide bonds. The monoisotopic (exact) mass is 252 g/mol. The van der Waals surface area contributed by atoms with E-state index in [0.29, 0.717) is 11.3 Å². The molecule has 0 radical (unpaired) electrons. The van der Waals surface area contributed by atoms with Crippen LogP contribution in [0.5, 0.6) is 0 Å². The van der Waals surface area contributed by atoms with Crippen LogP contribution in [-0.2, 0) is 9.53 Å². The van der Waals surface area contributed by atoms with E-state index in [1.165, 1.54) is 25.5 Å². The highest BCUT2D eigenvalue weighted by Crippen LogP contribution is 2.18. The van der Waals surface area contributed by atoms with Gasteiger partial charge in [0.25, 0.3) is 0 Å². The molecule has 1 aliphatic rings. The molecule has 0 unspecified atom stereocenters. The maximum Gasteiger partial charge on any atom is 0.339 e. The number of carbonyl (C=O) groups is 1. The van der Waals surface area contributed by atoms with E-state index in [1.807, 2.05) is 0 Å². The number of halogens is 2. The van der Waals surface area contributed by atoms with Crippen molar-refractivity contribution in [2.45, 2.75) is 0 Å². The van der Waals surface area contributed by atoms with E-state index in [1.54, 1.807) is 0 Å². The summed E-state index contributed by atoms with van der Waals surface area (Å²) in [7, 11) is 1.26. The molecule has 2 rings (SSSR count). The number of methoxy groups -OCH3 is 1. The van der Waals surface area contributed by atoms with Gasteiger partial charge in [-0.3, -0.25) is 0 Å². The Morgan fingerprint density at radius 1 is 1.28 bits per heavy atom. The normalized spacial score (nSPS) is 13.9. The van der Waals surface area contributed by atoms with Gasteiger partial charge in [-0.1, -0.05) is 0 Å². The molecule has 0 bridgehead atoms. The summed E-state index contributed by atoms with van der Waals surface area (Å²) in [6.07, 6.45) is 2.89. The number of hydrogen-bond acceptors (Lipinski definition) is 4. The maximum absolute atomic E-state index is 13.1. The van der Waals surface area contributed by atoms with Crippen LogP contribution in [0.4, 0.5) is 8.78 Å². The number of benzene rings is 1. The third kappa shape index (κ3) is 2.32. The van der Waals surface area contributed by atoms with Gasteiger partial charge in [-0.05, 0) is 24.3 Å². The highest BCUT2D eigenvalue weighted by molar-refractivity contribution is 5.94. The Hall–Kier alpha value is -2.37. The minimum atomic E-state index is -0.954. The standard InChI is InChI=1S/C12H10F2N2O2/c1-18-12(17)8-5-11(16-15-6-8)7-2-3-9(13)10(14)4-7/h2-6,15-16H,1H3. The zero-order valence-corrected chi connectivity index (χ0v) is 9.46. The number of hydrogen-bond donors (Lipinski definition) is 2. The van der Waals surface area contributed by atoms with Crippen molar-refractivity contribution in [2.75, 3.05) is 7.11 Å². The molecule has 2 N–H and O–H groups in total. The summed E-state index contributed by atoms with van der Waals surface area (Å²) in [6, 6.07) is 3.46. The molecule has 18 heavy (non-hydrogen) atoms. The fraction of sp³-hybridized carbons (Fsp3) is 0.0833. The van der Waals surface area contributed by atoms with Crippen LogP contribution in [0.25, 0.3) is 5.70 Å². The summed E-state index contributed by atoms with van der Waals surface area (Å²) in [4.78, 5) is 11.3. The Morgan fingerprint density at radius 3 is 2.72 bits per heavy atom. The van der Waals surface area contributed by atoms with E-state index in [-0.39, 0.29) is 5.57 Å². The largest absolute Gasteiger partial charge is 0.465 e. The number of rotatable bonds is 2. The van der Waals surface area contributed by atoms with Gasteiger partial charge in [0.2, 0.25) is 0 Å². The lowest BCUT2D eigenvalue weighted by molar-refractivity contribution is -0.135. The van der Waals surface area contributed by atoms with E-state index in [9.17, 15) is 13.6 Å². The Morgan fingerprint density at radius 2 is 2.06 bits per heavy atom. The smallest absolute Gasteiger partial charge is 0.339 e. The molecule has 1 aromatic rings. The van der Waals surface area contributed by atoms with Crippen LogP contribution in [0.1, 0.15) is 5.56 Å². The minimum absolute atomic E-state index is 0.274. The van der Waals surface area contributed by atoms with E-state index >= 15 is 0 Å². The van der Waals surface area contributed by atoms with Crippen molar-refractivity contribution in [1.29, 1.82) is 0 Å². The molecule has 94 valence electrons. The van der Waals surface area contributed by atoms with Gasteiger partial charge in [-0.25, -0.2) is 13.6 Å². The summed E-state index contributed by atoms with van der Waals surface area (Å²) >= 11 is 0. The molecule has 0 saturated heterocycles. The molecule has 4 nitrogen and oxygen atoms in total. The second-order valence-corrected chi connectivity index (χ2v) is 3.55. The molecule has 0 fully saturated rings. The second-order valence-electron chi connectivity index (χ2n) is 3.55. The number of nitrogens with one attached hydrogen (secondary N) is 2. The summed E-state index contributed by atoms with van der Waals surface area (Å²) in [6.45, 7) is 0. The van der Waals surface area contributed by atoms with Gasteiger partial charge in [0.05, 0.1) is 18.4 Å². The van der Waals surface area contributed by atoms with Crippen molar-refractivity contribution in [3.63, 3.8) is 0 Å². The van der Waals surface area contributed by atoms with Gasteiger partial charge in [-0.2, -0.15) is 0 Å². The third-order valence-electron chi connectivity index (χ3n) is 2.39. The lowest BCUT2D eigenvalue weighted by Crippen LogP contribution is -2.30. The summed E-state index contributed by atoms with van der Waals surface area (Å²) in [5, 5.41) is 0. The van der Waals surface area contributed by atoms with E-state index in [0.717, 1.165) is 12.1 Å². The molecule has 1 heterocycles. The third-order valence-corrected chi connectivity index (χ3v) is 2.39. The van der Waals surface area contributed by atoms with Crippen molar-refractivity contribution < 1.29 is 18.3 Å². The zero-order chi connectivity index (χ0) is 13.1. The summed E-state index contributed by atoms with van der Waals surface area (Å²) in [5.74, 6) is -2.40. The van der Waals surface area contributed by atoms with Crippen molar-refractivity contribution >= 4 is 11.7 Å². The van der Waals surface area contributed by atoms with Gasteiger partial charge < -0.3 is 15.6 Å². The predicted octanol–water partition coefficient (Wildman–Crippen LogP) is 1.47. The average molecular weight is 252 g/mol. The highest BCUT2D eigenvalue weighted by Gasteiger charge is 2.14. The van der Waals surface area contributed by atoms with Crippen LogP contribution in [0.3, 0.4) is 0 Å². The molecule has 1 aromatic carbocycles.